The first kappa shape index (κ1) is 15.2. The van der Waals surface area contributed by atoms with Crippen molar-refractivity contribution in [1.82, 2.24) is 9.78 Å². The van der Waals surface area contributed by atoms with E-state index in [9.17, 15) is 9.59 Å². The predicted octanol–water partition coefficient (Wildman–Crippen LogP) is 0.880. The number of aryl methyl sites for hydroxylation is 2. The standard InChI is InChI=1S/C12H19N3O4/c1-5-19-12(17)10-8(2)14-15(3)11(10)13-9(16)6-7-18-4/h5-7H2,1-4H3,(H,13,16). The fraction of sp³-hybridized carbons (Fsp3) is 0.583. The van der Waals surface area contributed by atoms with Crippen molar-refractivity contribution >= 4 is 17.7 Å². The number of anilines is 1. The maximum atomic E-state index is 11.8. The van der Waals surface area contributed by atoms with Gasteiger partial charge in [0, 0.05) is 14.2 Å². The molecule has 0 fully saturated rings. The van der Waals surface area contributed by atoms with Crippen LogP contribution >= 0.6 is 0 Å². The Bertz CT molecular complexity index is 468. The number of hydrogen-bond acceptors (Lipinski definition) is 5. The lowest BCUT2D eigenvalue weighted by Gasteiger charge is -2.08. The molecule has 0 atom stereocenters. The van der Waals surface area contributed by atoms with Gasteiger partial charge in [-0.05, 0) is 13.8 Å². The molecule has 0 aliphatic rings. The Hall–Kier alpha value is -1.89. The van der Waals surface area contributed by atoms with E-state index < -0.39 is 5.97 Å². The lowest BCUT2D eigenvalue weighted by Crippen LogP contribution is -2.18. The Balaban J connectivity index is 2.93. The molecule has 0 aromatic carbocycles. The number of methoxy groups -OCH3 is 1. The van der Waals surface area contributed by atoms with E-state index in [1.54, 1.807) is 20.9 Å². The highest BCUT2D eigenvalue weighted by Gasteiger charge is 2.22. The van der Waals surface area contributed by atoms with Crippen molar-refractivity contribution in [2.75, 3.05) is 25.6 Å². The molecular formula is C12H19N3O4. The minimum Gasteiger partial charge on any atom is -0.462 e. The van der Waals surface area contributed by atoms with Gasteiger partial charge in [0.1, 0.15) is 11.4 Å². The second-order valence-corrected chi connectivity index (χ2v) is 3.94. The highest BCUT2D eigenvalue weighted by molar-refractivity contribution is 6.01. The summed E-state index contributed by atoms with van der Waals surface area (Å²) in [6, 6.07) is 0. The molecule has 7 nitrogen and oxygen atoms in total. The second-order valence-electron chi connectivity index (χ2n) is 3.94. The van der Waals surface area contributed by atoms with E-state index in [2.05, 4.69) is 10.4 Å². The molecule has 1 rings (SSSR count). The average molecular weight is 269 g/mol. The minimum absolute atomic E-state index is 0.211. The number of carbonyl (C=O) groups excluding carboxylic acids is 2. The van der Waals surface area contributed by atoms with Crippen molar-refractivity contribution in [1.29, 1.82) is 0 Å². The quantitative estimate of drug-likeness (QED) is 0.775. The Kier molecular flexibility index (Phi) is 5.50. The van der Waals surface area contributed by atoms with Gasteiger partial charge in [0.15, 0.2) is 0 Å². The van der Waals surface area contributed by atoms with E-state index in [1.165, 1.54) is 11.8 Å². The van der Waals surface area contributed by atoms with Crippen LogP contribution < -0.4 is 5.32 Å². The predicted molar refractivity (Wildman–Crippen MR) is 69.0 cm³/mol. The third-order valence-electron chi connectivity index (χ3n) is 2.49. The third kappa shape index (κ3) is 3.78. The van der Waals surface area contributed by atoms with E-state index in [0.29, 0.717) is 18.1 Å². The zero-order chi connectivity index (χ0) is 14.4. The third-order valence-corrected chi connectivity index (χ3v) is 2.49. The van der Waals surface area contributed by atoms with Gasteiger partial charge in [0.05, 0.1) is 25.3 Å². The van der Waals surface area contributed by atoms with Crippen molar-refractivity contribution in [2.24, 2.45) is 7.05 Å². The van der Waals surface area contributed by atoms with E-state index in [1.807, 2.05) is 0 Å². The van der Waals surface area contributed by atoms with Crippen LogP contribution in [0.5, 0.6) is 0 Å². The Morgan fingerprint density at radius 1 is 1.42 bits per heavy atom. The summed E-state index contributed by atoms with van der Waals surface area (Å²) in [6.45, 7) is 4.00. The van der Waals surface area contributed by atoms with E-state index in [-0.39, 0.29) is 24.5 Å². The molecule has 0 spiro atoms. The van der Waals surface area contributed by atoms with Crippen LogP contribution in [-0.2, 0) is 21.3 Å². The van der Waals surface area contributed by atoms with Crippen LogP contribution in [0.15, 0.2) is 0 Å². The van der Waals surface area contributed by atoms with Crippen LogP contribution in [0, 0.1) is 6.92 Å². The summed E-state index contributed by atoms with van der Waals surface area (Å²) in [5.41, 5.74) is 0.804. The van der Waals surface area contributed by atoms with E-state index >= 15 is 0 Å². The monoisotopic (exact) mass is 269 g/mol. The number of hydrogen-bond donors (Lipinski definition) is 1. The number of esters is 1. The van der Waals surface area contributed by atoms with Crippen molar-refractivity contribution in [3.63, 3.8) is 0 Å². The summed E-state index contributed by atoms with van der Waals surface area (Å²) in [6.07, 6.45) is 0.211. The van der Waals surface area contributed by atoms with Crippen molar-refractivity contribution in [3.05, 3.63) is 11.3 Å². The SMILES string of the molecule is CCOC(=O)c1c(C)nn(C)c1NC(=O)CCOC. The van der Waals surface area contributed by atoms with Gasteiger partial charge in [0.2, 0.25) is 5.91 Å². The molecule has 106 valence electrons. The molecule has 0 aliphatic heterocycles. The van der Waals surface area contributed by atoms with E-state index in [4.69, 9.17) is 9.47 Å². The van der Waals surface area contributed by atoms with Crippen LogP contribution in [0.2, 0.25) is 0 Å². The van der Waals surface area contributed by atoms with Crippen LogP contribution in [0.1, 0.15) is 29.4 Å². The van der Waals surface area contributed by atoms with Crippen molar-refractivity contribution in [2.45, 2.75) is 20.3 Å². The number of nitrogens with zero attached hydrogens (tertiary/aromatic N) is 2. The Morgan fingerprint density at radius 2 is 2.11 bits per heavy atom. The average Bonchev–Trinajstić information content (AvgIpc) is 2.62. The van der Waals surface area contributed by atoms with E-state index in [0.717, 1.165) is 0 Å². The van der Waals surface area contributed by atoms with Gasteiger partial charge in [-0.2, -0.15) is 5.10 Å². The van der Waals surface area contributed by atoms with Gasteiger partial charge < -0.3 is 14.8 Å². The molecule has 7 heteroatoms. The summed E-state index contributed by atoms with van der Waals surface area (Å²) < 4.78 is 11.2. The number of rotatable bonds is 6. The smallest absolute Gasteiger partial charge is 0.343 e. The highest BCUT2D eigenvalue weighted by atomic mass is 16.5. The summed E-state index contributed by atoms with van der Waals surface area (Å²) in [5.74, 6) is -0.386. The van der Waals surface area contributed by atoms with Gasteiger partial charge in [-0.15, -0.1) is 0 Å². The summed E-state index contributed by atoms with van der Waals surface area (Å²) >= 11 is 0. The molecule has 0 radical (unpaired) electrons. The first-order chi connectivity index (χ1) is 9.01. The zero-order valence-corrected chi connectivity index (χ0v) is 11.6. The van der Waals surface area contributed by atoms with Gasteiger partial charge in [0.25, 0.3) is 0 Å². The van der Waals surface area contributed by atoms with Crippen LogP contribution in [0.4, 0.5) is 5.82 Å². The minimum atomic E-state index is -0.491. The number of ether oxygens (including phenoxy) is 2. The Morgan fingerprint density at radius 3 is 2.68 bits per heavy atom. The molecule has 1 aromatic heterocycles. The number of nitrogens with one attached hydrogen (secondary N) is 1. The van der Waals surface area contributed by atoms with Gasteiger partial charge in [-0.3, -0.25) is 9.48 Å². The molecule has 0 saturated heterocycles. The fourth-order valence-corrected chi connectivity index (χ4v) is 1.64. The molecule has 1 amide bonds. The van der Waals surface area contributed by atoms with Crippen molar-refractivity contribution in [3.8, 4) is 0 Å². The van der Waals surface area contributed by atoms with Crippen molar-refractivity contribution < 1.29 is 19.1 Å². The summed E-state index contributed by atoms with van der Waals surface area (Å²) in [4.78, 5) is 23.5. The topological polar surface area (TPSA) is 82.5 Å². The molecule has 1 aromatic rings. The summed E-state index contributed by atoms with van der Waals surface area (Å²) in [7, 11) is 3.17. The molecule has 0 unspecified atom stereocenters. The summed E-state index contributed by atoms with van der Waals surface area (Å²) in [5, 5.41) is 6.77. The lowest BCUT2D eigenvalue weighted by molar-refractivity contribution is -0.117. The molecule has 0 bridgehead atoms. The first-order valence-corrected chi connectivity index (χ1v) is 6.00. The normalized spacial score (nSPS) is 10.3. The van der Waals surface area contributed by atoms with Crippen LogP contribution in [-0.4, -0.2) is 42.0 Å². The molecule has 1 N–H and O–H groups in total. The second kappa shape index (κ2) is 6.89. The lowest BCUT2D eigenvalue weighted by atomic mass is 10.2. The van der Waals surface area contributed by atoms with Gasteiger partial charge >= 0.3 is 5.97 Å². The first-order valence-electron chi connectivity index (χ1n) is 6.00. The molecule has 1 heterocycles. The van der Waals surface area contributed by atoms with Gasteiger partial charge in [-0.1, -0.05) is 0 Å². The number of aromatic nitrogens is 2. The number of amides is 1. The number of carbonyl (C=O) groups is 2. The highest BCUT2D eigenvalue weighted by Crippen LogP contribution is 2.20. The molecule has 19 heavy (non-hydrogen) atoms. The molecule has 0 aliphatic carbocycles. The maximum Gasteiger partial charge on any atom is 0.343 e. The van der Waals surface area contributed by atoms with Gasteiger partial charge in [-0.25, -0.2) is 4.79 Å². The van der Waals surface area contributed by atoms with Crippen LogP contribution in [0.25, 0.3) is 0 Å². The molecule has 0 saturated carbocycles. The fourth-order valence-electron chi connectivity index (χ4n) is 1.64. The Labute approximate surface area is 111 Å². The largest absolute Gasteiger partial charge is 0.462 e. The maximum absolute atomic E-state index is 11.8. The van der Waals surface area contributed by atoms with Crippen LogP contribution in [0.3, 0.4) is 0 Å². The zero-order valence-electron chi connectivity index (χ0n) is 11.6. The molecular weight excluding hydrogens is 250 g/mol.